The van der Waals surface area contributed by atoms with E-state index >= 15 is 0 Å². The first-order chi connectivity index (χ1) is 13.8. The van der Waals surface area contributed by atoms with Gasteiger partial charge >= 0.3 is 5.97 Å². The third kappa shape index (κ3) is 5.16. The lowest BCUT2D eigenvalue weighted by molar-refractivity contribution is -0.142. The molecule has 6 nitrogen and oxygen atoms in total. The smallest absolute Gasteiger partial charge is 0.306 e. The molecule has 0 saturated carbocycles. The zero-order valence-corrected chi connectivity index (χ0v) is 16.5. The Labute approximate surface area is 169 Å². The molecule has 2 aromatic rings. The molecule has 0 aromatic heterocycles. The maximum atomic E-state index is 12.3. The van der Waals surface area contributed by atoms with Crippen molar-refractivity contribution in [3.05, 3.63) is 64.2 Å². The van der Waals surface area contributed by atoms with Gasteiger partial charge in [0.15, 0.2) is 18.2 Å². The fourth-order valence-corrected chi connectivity index (χ4v) is 3.13. The van der Waals surface area contributed by atoms with E-state index in [0.29, 0.717) is 29.7 Å². The van der Waals surface area contributed by atoms with Crippen LogP contribution in [0.5, 0.6) is 0 Å². The summed E-state index contributed by atoms with van der Waals surface area (Å²) in [6.45, 7) is 3.53. The van der Waals surface area contributed by atoms with Crippen molar-refractivity contribution in [2.45, 2.75) is 39.5 Å². The van der Waals surface area contributed by atoms with E-state index in [1.807, 2.05) is 26.0 Å². The number of fused-ring (bicyclic) bond motifs is 1. The third-order valence-electron chi connectivity index (χ3n) is 5.07. The molecule has 1 N–H and O–H groups in total. The summed E-state index contributed by atoms with van der Waals surface area (Å²) in [4.78, 5) is 47.8. The van der Waals surface area contributed by atoms with Gasteiger partial charge in [-0.3, -0.25) is 19.2 Å². The highest BCUT2D eigenvalue weighted by Gasteiger charge is 2.18. The second-order valence-electron chi connectivity index (χ2n) is 7.23. The van der Waals surface area contributed by atoms with Crippen molar-refractivity contribution in [1.82, 2.24) is 0 Å². The molecule has 0 aliphatic carbocycles. The van der Waals surface area contributed by atoms with Crippen molar-refractivity contribution < 1.29 is 23.9 Å². The van der Waals surface area contributed by atoms with E-state index in [4.69, 9.17) is 4.74 Å². The number of amides is 1. The van der Waals surface area contributed by atoms with Gasteiger partial charge in [-0.25, -0.2) is 0 Å². The van der Waals surface area contributed by atoms with Crippen molar-refractivity contribution in [3.63, 3.8) is 0 Å². The minimum Gasteiger partial charge on any atom is -0.457 e. The maximum Gasteiger partial charge on any atom is 0.306 e. The number of rotatable bonds is 7. The highest BCUT2D eigenvalue weighted by atomic mass is 16.5. The molecule has 1 aliphatic heterocycles. The summed E-state index contributed by atoms with van der Waals surface area (Å²) in [5.41, 5.74) is 4.72. The van der Waals surface area contributed by atoms with Gasteiger partial charge in [-0.1, -0.05) is 12.1 Å². The van der Waals surface area contributed by atoms with Crippen molar-refractivity contribution in [1.29, 1.82) is 0 Å². The average molecular weight is 393 g/mol. The fourth-order valence-electron chi connectivity index (χ4n) is 3.13. The number of nitrogens with one attached hydrogen (secondary N) is 1. The molecular weight excluding hydrogens is 370 g/mol. The molecule has 0 fully saturated rings. The lowest BCUT2D eigenvalue weighted by Crippen LogP contribution is -2.20. The lowest BCUT2D eigenvalue weighted by Gasteiger charge is -2.17. The number of carbonyl (C=O) groups is 4. The van der Waals surface area contributed by atoms with Gasteiger partial charge < -0.3 is 10.1 Å². The number of ketones is 2. The highest BCUT2D eigenvalue weighted by molar-refractivity contribution is 6.01. The molecule has 1 heterocycles. The standard InChI is InChI=1S/C23H23NO5/c1-14-3-4-17(11-15(14)2)20(25)8-10-23(28)29-13-21(26)18-5-7-19-16(12-18)6-9-22(27)24-19/h3-5,7,11-12H,6,8-10,13H2,1-2H3,(H,24,27). The molecule has 3 rings (SSSR count). The minimum atomic E-state index is -0.583. The van der Waals surface area contributed by atoms with Crippen LogP contribution >= 0.6 is 0 Å². The maximum absolute atomic E-state index is 12.3. The number of hydrogen-bond acceptors (Lipinski definition) is 5. The Morgan fingerprint density at radius 2 is 1.62 bits per heavy atom. The minimum absolute atomic E-state index is 0.0358. The van der Waals surface area contributed by atoms with Gasteiger partial charge in [-0.15, -0.1) is 0 Å². The second-order valence-corrected chi connectivity index (χ2v) is 7.23. The summed E-state index contributed by atoms with van der Waals surface area (Å²) in [6, 6.07) is 10.4. The molecule has 0 bridgehead atoms. The first-order valence-corrected chi connectivity index (χ1v) is 9.55. The predicted molar refractivity (Wildman–Crippen MR) is 108 cm³/mol. The van der Waals surface area contributed by atoms with Gasteiger partial charge in [0.2, 0.25) is 5.91 Å². The molecule has 2 aromatic carbocycles. The van der Waals surface area contributed by atoms with Crippen molar-refractivity contribution in [3.8, 4) is 0 Å². The number of anilines is 1. The highest BCUT2D eigenvalue weighted by Crippen LogP contribution is 2.23. The number of ether oxygens (including phenoxy) is 1. The van der Waals surface area contributed by atoms with Crippen LogP contribution in [0.1, 0.15) is 56.7 Å². The zero-order chi connectivity index (χ0) is 21.0. The summed E-state index contributed by atoms with van der Waals surface area (Å²) >= 11 is 0. The molecule has 6 heteroatoms. The number of benzene rings is 2. The predicted octanol–water partition coefficient (Wildman–Crippen LogP) is 3.58. The van der Waals surface area contributed by atoms with E-state index in [0.717, 1.165) is 16.7 Å². The zero-order valence-electron chi connectivity index (χ0n) is 16.5. The summed E-state index contributed by atoms with van der Waals surface area (Å²) in [7, 11) is 0. The topological polar surface area (TPSA) is 89.5 Å². The van der Waals surface area contributed by atoms with E-state index in [1.165, 1.54) is 0 Å². The Kier molecular flexibility index (Phi) is 6.22. The molecule has 0 spiro atoms. The Balaban J connectivity index is 1.49. The summed E-state index contributed by atoms with van der Waals surface area (Å²) in [6.07, 6.45) is 0.917. The van der Waals surface area contributed by atoms with Crippen LogP contribution in [0.2, 0.25) is 0 Å². The molecule has 150 valence electrons. The van der Waals surface area contributed by atoms with Gasteiger partial charge in [0, 0.05) is 29.7 Å². The molecule has 1 amide bonds. The number of hydrogen-bond donors (Lipinski definition) is 1. The quantitative estimate of drug-likeness (QED) is 0.574. The molecular formula is C23H23NO5. The van der Waals surface area contributed by atoms with Gasteiger partial charge in [-0.2, -0.15) is 0 Å². The van der Waals surface area contributed by atoms with Gasteiger partial charge in [-0.05, 0) is 61.2 Å². The lowest BCUT2D eigenvalue weighted by atomic mass is 9.99. The Bertz CT molecular complexity index is 993. The monoisotopic (exact) mass is 393 g/mol. The van der Waals surface area contributed by atoms with E-state index < -0.39 is 5.97 Å². The second kappa shape index (κ2) is 8.82. The molecule has 0 radical (unpaired) electrons. The van der Waals surface area contributed by atoms with E-state index in [9.17, 15) is 19.2 Å². The van der Waals surface area contributed by atoms with Gasteiger partial charge in [0.1, 0.15) is 0 Å². The summed E-state index contributed by atoms with van der Waals surface area (Å²) in [5.74, 6) is -1.08. The van der Waals surface area contributed by atoms with Crippen LogP contribution in [0, 0.1) is 13.8 Å². The number of aryl methyl sites for hydroxylation is 3. The first kappa shape index (κ1) is 20.5. The average Bonchev–Trinajstić information content (AvgIpc) is 2.71. The van der Waals surface area contributed by atoms with E-state index in [1.54, 1.807) is 24.3 Å². The van der Waals surface area contributed by atoms with Crippen LogP contribution in [0.25, 0.3) is 0 Å². The Morgan fingerprint density at radius 3 is 2.38 bits per heavy atom. The van der Waals surface area contributed by atoms with E-state index in [-0.39, 0.29) is 36.9 Å². The normalized spacial score (nSPS) is 12.7. The molecule has 0 saturated heterocycles. The van der Waals surface area contributed by atoms with Crippen molar-refractivity contribution in [2.75, 3.05) is 11.9 Å². The van der Waals surface area contributed by atoms with Crippen LogP contribution < -0.4 is 5.32 Å². The Morgan fingerprint density at radius 1 is 0.897 bits per heavy atom. The molecule has 29 heavy (non-hydrogen) atoms. The number of carbonyl (C=O) groups excluding carboxylic acids is 4. The van der Waals surface area contributed by atoms with Gasteiger partial charge in [0.05, 0.1) is 6.42 Å². The van der Waals surface area contributed by atoms with Crippen LogP contribution in [-0.2, 0) is 20.7 Å². The third-order valence-corrected chi connectivity index (χ3v) is 5.07. The largest absolute Gasteiger partial charge is 0.457 e. The van der Waals surface area contributed by atoms with Gasteiger partial charge in [0.25, 0.3) is 0 Å². The number of Topliss-reactive ketones (excluding diaryl/α,β-unsaturated/α-hetero) is 2. The van der Waals surface area contributed by atoms with E-state index in [2.05, 4.69) is 5.32 Å². The molecule has 0 atom stereocenters. The molecule has 0 unspecified atom stereocenters. The SMILES string of the molecule is Cc1ccc(C(=O)CCC(=O)OCC(=O)c2ccc3c(c2)CCC(=O)N3)cc1C. The van der Waals surface area contributed by atoms with Crippen LogP contribution in [0.15, 0.2) is 36.4 Å². The van der Waals surface area contributed by atoms with Crippen molar-refractivity contribution >= 4 is 29.1 Å². The van der Waals surface area contributed by atoms with Crippen LogP contribution in [0.4, 0.5) is 5.69 Å². The Hall–Kier alpha value is -3.28. The van der Waals surface area contributed by atoms with Crippen LogP contribution in [-0.4, -0.2) is 30.0 Å². The van der Waals surface area contributed by atoms with Crippen LogP contribution in [0.3, 0.4) is 0 Å². The molecule has 1 aliphatic rings. The number of esters is 1. The first-order valence-electron chi connectivity index (χ1n) is 9.55. The van der Waals surface area contributed by atoms with Crippen molar-refractivity contribution in [2.24, 2.45) is 0 Å². The summed E-state index contributed by atoms with van der Waals surface area (Å²) < 4.78 is 5.04. The summed E-state index contributed by atoms with van der Waals surface area (Å²) in [5, 5.41) is 2.76. The fraction of sp³-hybridized carbons (Fsp3) is 0.304.